The fourth-order valence-electron chi connectivity index (χ4n) is 0.941. The third-order valence-electron chi connectivity index (χ3n) is 1.58. The van der Waals surface area contributed by atoms with Gasteiger partial charge in [-0.25, -0.2) is 0 Å². The molecule has 0 aliphatic heterocycles. The van der Waals surface area contributed by atoms with Crippen LogP contribution in [-0.2, 0) is 9.47 Å². The number of ether oxygens (including phenoxy) is 2. The minimum Gasteiger partial charge on any atom is -0.383 e. The minimum absolute atomic E-state index is 0.233. The summed E-state index contributed by atoms with van der Waals surface area (Å²) in [6, 6.07) is 0.233. The van der Waals surface area contributed by atoms with Crippen LogP contribution in [0.1, 0.15) is 13.3 Å². The molecule has 0 amide bonds. The van der Waals surface area contributed by atoms with E-state index in [1.54, 1.807) is 7.11 Å². The van der Waals surface area contributed by atoms with Crippen LogP contribution in [0.3, 0.4) is 0 Å². The van der Waals surface area contributed by atoms with Gasteiger partial charge in [0.05, 0.1) is 13.2 Å². The van der Waals surface area contributed by atoms with Crippen molar-refractivity contribution in [2.75, 3.05) is 39.4 Å². The smallest absolute Gasteiger partial charge is 0.0627 e. The van der Waals surface area contributed by atoms with Crippen molar-refractivity contribution >= 4 is 11.6 Å². The molecule has 3 nitrogen and oxygen atoms in total. The minimum atomic E-state index is 0.233. The maximum atomic E-state index is 5.70. The molecule has 1 atom stereocenters. The SMILES string of the molecule is CCCOCCNC(CCl)COC. The summed E-state index contributed by atoms with van der Waals surface area (Å²) in [5.74, 6) is 0.571. The molecular formula is C9H20ClNO2. The Labute approximate surface area is 85.7 Å². The van der Waals surface area contributed by atoms with Gasteiger partial charge in [-0.05, 0) is 6.42 Å². The second-order valence-corrected chi connectivity index (χ2v) is 3.18. The molecule has 0 rings (SSSR count). The first-order chi connectivity index (χ1) is 6.35. The van der Waals surface area contributed by atoms with E-state index in [9.17, 15) is 0 Å². The summed E-state index contributed by atoms with van der Waals surface area (Å²) in [5, 5.41) is 3.25. The molecule has 1 N–H and O–H groups in total. The van der Waals surface area contributed by atoms with Crippen molar-refractivity contribution in [1.82, 2.24) is 5.32 Å². The van der Waals surface area contributed by atoms with Gasteiger partial charge < -0.3 is 14.8 Å². The highest BCUT2D eigenvalue weighted by Gasteiger charge is 2.04. The molecule has 0 aromatic carbocycles. The molecule has 0 heterocycles. The summed E-state index contributed by atoms with van der Waals surface area (Å²) in [6.07, 6.45) is 1.07. The summed E-state index contributed by atoms with van der Waals surface area (Å²) >= 11 is 5.70. The number of methoxy groups -OCH3 is 1. The average molecular weight is 210 g/mol. The van der Waals surface area contributed by atoms with E-state index in [1.807, 2.05) is 0 Å². The van der Waals surface area contributed by atoms with E-state index < -0.39 is 0 Å². The molecule has 0 fully saturated rings. The lowest BCUT2D eigenvalue weighted by molar-refractivity contribution is 0.126. The van der Waals surface area contributed by atoms with Crippen molar-refractivity contribution in [3.63, 3.8) is 0 Å². The number of alkyl halides is 1. The summed E-state index contributed by atoms with van der Waals surface area (Å²) in [4.78, 5) is 0. The van der Waals surface area contributed by atoms with Crippen LogP contribution >= 0.6 is 11.6 Å². The molecule has 0 saturated carbocycles. The zero-order chi connectivity index (χ0) is 9.94. The molecule has 13 heavy (non-hydrogen) atoms. The van der Waals surface area contributed by atoms with Gasteiger partial charge in [-0.15, -0.1) is 11.6 Å². The van der Waals surface area contributed by atoms with Crippen LogP contribution in [0, 0.1) is 0 Å². The van der Waals surface area contributed by atoms with E-state index in [2.05, 4.69) is 12.2 Å². The highest BCUT2D eigenvalue weighted by Crippen LogP contribution is 1.89. The normalized spacial score (nSPS) is 13.2. The molecule has 0 aliphatic carbocycles. The van der Waals surface area contributed by atoms with Crippen LogP contribution in [0.25, 0.3) is 0 Å². The molecule has 0 bridgehead atoms. The molecule has 1 unspecified atom stereocenters. The second kappa shape index (κ2) is 10.3. The van der Waals surface area contributed by atoms with Gasteiger partial charge in [0.15, 0.2) is 0 Å². The third kappa shape index (κ3) is 8.50. The van der Waals surface area contributed by atoms with Crippen LogP contribution < -0.4 is 5.32 Å². The van der Waals surface area contributed by atoms with E-state index in [4.69, 9.17) is 21.1 Å². The van der Waals surface area contributed by atoms with Gasteiger partial charge in [0.2, 0.25) is 0 Å². The number of halogens is 1. The van der Waals surface area contributed by atoms with Gasteiger partial charge in [-0.3, -0.25) is 0 Å². The van der Waals surface area contributed by atoms with E-state index in [0.717, 1.165) is 26.2 Å². The van der Waals surface area contributed by atoms with E-state index >= 15 is 0 Å². The first kappa shape index (κ1) is 13.2. The lowest BCUT2D eigenvalue weighted by Crippen LogP contribution is -2.36. The Kier molecular flexibility index (Phi) is 10.4. The predicted octanol–water partition coefficient (Wildman–Crippen LogP) is 1.26. The Morgan fingerprint density at radius 1 is 1.38 bits per heavy atom. The second-order valence-electron chi connectivity index (χ2n) is 2.87. The van der Waals surface area contributed by atoms with Crippen molar-refractivity contribution in [2.45, 2.75) is 19.4 Å². The Hall–Kier alpha value is 0.170. The fraction of sp³-hybridized carbons (Fsp3) is 1.00. The summed E-state index contributed by atoms with van der Waals surface area (Å²) in [5.41, 5.74) is 0. The highest BCUT2D eigenvalue weighted by atomic mass is 35.5. The molecule has 0 aromatic heterocycles. The Morgan fingerprint density at radius 3 is 2.69 bits per heavy atom. The average Bonchev–Trinajstić information content (AvgIpc) is 2.16. The third-order valence-corrected chi connectivity index (χ3v) is 1.95. The van der Waals surface area contributed by atoms with E-state index in [-0.39, 0.29) is 6.04 Å². The topological polar surface area (TPSA) is 30.5 Å². The van der Waals surface area contributed by atoms with Gasteiger partial charge in [-0.2, -0.15) is 0 Å². The van der Waals surface area contributed by atoms with E-state index in [0.29, 0.717) is 12.5 Å². The fourth-order valence-corrected chi connectivity index (χ4v) is 1.14. The largest absolute Gasteiger partial charge is 0.383 e. The van der Waals surface area contributed by atoms with Crippen molar-refractivity contribution in [1.29, 1.82) is 0 Å². The zero-order valence-corrected chi connectivity index (χ0v) is 9.27. The summed E-state index contributed by atoms with van der Waals surface area (Å²) in [6.45, 7) is 5.15. The maximum Gasteiger partial charge on any atom is 0.0627 e. The quantitative estimate of drug-likeness (QED) is 0.458. The number of rotatable bonds is 9. The van der Waals surface area contributed by atoms with Gasteiger partial charge in [0, 0.05) is 32.2 Å². The predicted molar refractivity (Wildman–Crippen MR) is 55.5 cm³/mol. The van der Waals surface area contributed by atoms with Gasteiger partial charge in [-0.1, -0.05) is 6.92 Å². The monoisotopic (exact) mass is 209 g/mol. The van der Waals surface area contributed by atoms with Crippen LogP contribution in [0.2, 0.25) is 0 Å². The highest BCUT2D eigenvalue weighted by molar-refractivity contribution is 6.18. The Morgan fingerprint density at radius 2 is 2.15 bits per heavy atom. The lowest BCUT2D eigenvalue weighted by atomic mass is 10.3. The van der Waals surface area contributed by atoms with Crippen LogP contribution in [-0.4, -0.2) is 45.4 Å². The van der Waals surface area contributed by atoms with Crippen molar-refractivity contribution in [3.05, 3.63) is 0 Å². The van der Waals surface area contributed by atoms with Gasteiger partial charge in [0.1, 0.15) is 0 Å². The molecule has 4 heteroatoms. The number of hydrogen-bond donors (Lipinski definition) is 1. The lowest BCUT2D eigenvalue weighted by Gasteiger charge is -2.14. The van der Waals surface area contributed by atoms with Crippen molar-refractivity contribution in [3.8, 4) is 0 Å². The summed E-state index contributed by atoms with van der Waals surface area (Å²) < 4.78 is 10.3. The van der Waals surface area contributed by atoms with Crippen LogP contribution in [0.4, 0.5) is 0 Å². The van der Waals surface area contributed by atoms with Crippen LogP contribution in [0.15, 0.2) is 0 Å². The first-order valence-electron chi connectivity index (χ1n) is 4.71. The Balaban J connectivity index is 3.17. The molecular weight excluding hydrogens is 190 g/mol. The Bertz CT molecular complexity index is 104. The van der Waals surface area contributed by atoms with E-state index in [1.165, 1.54) is 0 Å². The zero-order valence-electron chi connectivity index (χ0n) is 8.51. The molecule has 0 aromatic rings. The number of hydrogen-bond acceptors (Lipinski definition) is 3. The van der Waals surface area contributed by atoms with Crippen molar-refractivity contribution in [2.24, 2.45) is 0 Å². The van der Waals surface area contributed by atoms with Crippen LogP contribution in [0.5, 0.6) is 0 Å². The molecule has 80 valence electrons. The van der Waals surface area contributed by atoms with Crippen molar-refractivity contribution < 1.29 is 9.47 Å². The molecule has 0 aliphatic rings. The maximum absolute atomic E-state index is 5.70. The summed E-state index contributed by atoms with van der Waals surface area (Å²) in [7, 11) is 1.68. The van der Waals surface area contributed by atoms with Gasteiger partial charge in [0.25, 0.3) is 0 Å². The van der Waals surface area contributed by atoms with Gasteiger partial charge >= 0.3 is 0 Å². The molecule has 0 radical (unpaired) electrons. The first-order valence-corrected chi connectivity index (χ1v) is 5.24. The molecule has 0 spiro atoms. The number of nitrogens with one attached hydrogen (secondary N) is 1. The molecule has 0 saturated heterocycles. The standard InChI is InChI=1S/C9H20ClNO2/c1-3-5-13-6-4-11-9(7-10)8-12-2/h9,11H,3-8H2,1-2H3.